The fraction of sp³-hybridized carbons (Fsp3) is 0.143. The molecule has 3 rings (SSSR count). The van der Waals surface area contributed by atoms with Crippen LogP contribution in [-0.2, 0) is 0 Å². The van der Waals surface area contributed by atoms with Crippen LogP contribution < -0.4 is 10.6 Å². The number of pyridine rings is 1. The number of thioether (sulfide) groups is 1. The molecule has 0 spiro atoms. The second kappa shape index (κ2) is 9.63. The number of rotatable bonds is 7. The molecule has 2 amide bonds. The van der Waals surface area contributed by atoms with Crippen molar-refractivity contribution in [1.82, 2.24) is 15.6 Å². The van der Waals surface area contributed by atoms with E-state index < -0.39 is 0 Å². The number of nitrogens with one attached hydrogen (secondary N) is 2. The molecule has 1 aromatic heterocycles. The molecule has 3 aromatic rings. The van der Waals surface area contributed by atoms with Gasteiger partial charge in [0, 0.05) is 23.4 Å². The van der Waals surface area contributed by atoms with E-state index in [4.69, 9.17) is 0 Å². The van der Waals surface area contributed by atoms with E-state index in [1.54, 1.807) is 18.0 Å². The number of benzene rings is 2. The third-order valence-corrected chi connectivity index (χ3v) is 4.81. The smallest absolute Gasteiger partial charge is 0.315 e. The molecule has 5 heteroatoms. The highest BCUT2D eigenvalue weighted by atomic mass is 32.2. The summed E-state index contributed by atoms with van der Waals surface area (Å²) < 4.78 is 0. The van der Waals surface area contributed by atoms with Crippen molar-refractivity contribution in [2.75, 3.05) is 12.3 Å². The van der Waals surface area contributed by atoms with Crippen molar-refractivity contribution in [3.63, 3.8) is 0 Å². The minimum atomic E-state index is -0.279. The van der Waals surface area contributed by atoms with Gasteiger partial charge in [0.2, 0.25) is 0 Å². The summed E-state index contributed by atoms with van der Waals surface area (Å²) in [5, 5.41) is 5.95. The summed E-state index contributed by atoms with van der Waals surface area (Å²) in [6.45, 7) is 0.592. The molecule has 0 saturated heterocycles. The Morgan fingerprint density at radius 2 is 1.62 bits per heavy atom. The number of amides is 2. The molecule has 26 heavy (non-hydrogen) atoms. The lowest BCUT2D eigenvalue weighted by Gasteiger charge is -2.19. The molecule has 0 fully saturated rings. The molecule has 0 bridgehead atoms. The van der Waals surface area contributed by atoms with E-state index in [1.165, 1.54) is 4.90 Å². The molecule has 2 N–H and O–H groups in total. The van der Waals surface area contributed by atoms with Gasteiger partial charge in [0.1, 0.15) is 0 Å². The normalized spacial score (nSPS) is 11.5. The van der Waals surface area contributed by atoms with Gasteiger partial charge in [-0.2, -0.15) is 0 Å². The summed E-state index contributed by atoms with van der Waals surface area (Å²) in [4.78, 5) is 17.9. The standard InChI is InChI=1S/C21H21N3OS/c25-21(23-15-16-26-18-11-5-2-6-12-18)24-20(17-9-3-1-4-10-17)19-13-7-8-14-22-19/h1-14,20H,15-16H2,(H2,23,24,25). The van der Waals surface area contributed by atoms with Crippen LogP contribution in [0.4, 0.5) is 4.79 Å². The van der Waals surface area contributed by atoms with Crippen LogP contribution in [0.5, 0.6) is 0 Å². The Hall–Kier alpha value is -2.79. The fourth-order valence-corrected chi connectivity index (χ4v) is 3.34. The Labute approximate surface area is 158 Å². The third kappa shape index (κ3) is 5.36. The van der Waals surface area contributed by atoms with Crippen LogP contribution in [0.15, 0.2) is 90.0 Å². The SMILES string of the molecule is O=C(NCCSc1ccccc1)NC(c1ccccc1)c1ccccn1. The number of hydrogen-bond acceptors (Lipinski definition) is 3. The first-order valence-electron chi connectivity index (χ1n) is 8.51. The molecular weight excluding hydrogens is 342 g/mol. The highest BCUT2D eigenvalue weighted by Gasteiger charge is 2.17. The van der Waals surface area contributed by atoms with Crippen molar-refractivity contribution in [3.05, 3.63) is 96.3 Å². The van der Waals surface area contributed by atoms with E-state index in [9.17, 15) is 4.79 Å². The highest BCUT2D eigenvalue weighted by molar-refractivity contribution is 7.99. The number of hydrogen-bond donors (Lipinski definition) is 2. The predicted molar refractivity (Wildman–Crippen MR) is 106 cm³/mol. The van der Waals surface area contributed by atoms with Crippen LogP contribution in [0.25, 0.3) is 0 Å². The van der Waals surface area contributed by atoms with Gasteiger partial charge in [-0.1, -0.05) is 54.6 Å². The maximum atomic E-state index is 12.4. The maximum absolute atomic E-state index is 12.4. The highest BCUT2D eigenvalue weighted by Crippen LogP contribution is 2.20. The number of carbonyl (C=O) groups is 1. The van der Waals surface area contributed by atoms with Gasteiger partial charge in [0.05, 0.1) is 11.7 Å². The van der Waals surface area contributed by atoms with Gasteiger partial charge in [-0.05, 0) is 29.8 Å². The fourth-order valence-electron chi connectivity index (χ4n) is 2.55. The first-order valence-corrected chi connectivity index (χ1v) is 9.49. The predicted octanol–water partition coefficient (Wildman–Crippen LogP) is 4.26. The molecule has 0 aliphatic carbocycles. The Morgan fingerprint density at radius 1 is 0.923 bits per heavy atom. The van der Waals surface area contributed by atoms with Crippen LogP contribution in [0.2, 0.25) is 0 Å². The molecule has 0 aliphatic heterocycles. The largest absolute Gasteiger partial charge is 0.337 e. The number of urea groups is 1. The zero-order valence-corrected chi connectivity index (χ0v) is 15.2. The van der Waals surface area contributed by atoms with E-state index in [2.05, 4.69) is 27.8 Å². The Bertz CT molecular complexity index is 758. The van der Waals surface area contributed by atoms with Crippen molar-refractivity contribution in [3.8, 4) is 0 Å². The van der Waals surface area contributed by atoms with E-state index in [-0.39, 0.29) is 12.1 Å². The van der Waals surface area contributed by atoms with E-state index >= 15 is 0 Å². The Kier molecular flexibility index (Phi) is 6.67. The molecule has 132 valence electrons. The van der Waals surface area contributed by atoms with Gasteiger partial charge in [-0.3, -0.25) is 4.98 Å². The number of nitrogens with zero attached hydrogens (tertiary/aromatic N) is 1. The van der Waals surface area contributed by atoms with E-state index in [0.29, 0.717) is 6.54 Å². The lowest BCUT2D eigenvalue weighted by molar-refractivity contribution is 0.239. The summed E-state index contributed by atoms with van der Waals surface area (Å²) in [7, 11) is 0. The minimum Gasteiger partial charge on any atom is -0.337 e. The van der Waals surface area contributed by atoms with Gasteiger partial charge >= 0.3 is 6.03 Å². The molecule has 2 aromatic carbocycles. The summed E-state index contributed by atoms with van der Waals surface area (Å²) in [5.74, 6) is 0.816. The number of aromatic nitrogens is 1. The molecule has 0 saturated carbocycles. The molecule has 1 heterocycles. The molecule has 0 radical (unpaired) electrons. The van der Waals surface area contributed by atoms with Crippen LogP contribution in [-0.4, -0.2) is 23.3 Å². The minimum absolute atomic E-state index is 0.196. The first kappa shape index (κ1) is 18.0. The summed E-state index contributed by atoms with van der Waals surface area (Å²) in [6, 6.07) is 25.3. The maximum Gasteiger partial charge on any atom is 0.315 e. The van der Waals surface area contributed by atoms with Crippen LogP contribution in [0.3, 0.4) is 0 Å². The average molecular weight is 363 g/mol. The summed E-state index contributed by atoms with van der Waals surface area (Å²) in [5.41, 5.74) is 1.81. The Morgan fingerprint density at radius 3 is 2.31 bits per heavy atom. The molecule has 1 atom stereocenters. The van der Waals surface area contributed by atoms with Gasteiger partial charge in [0.15, 0.2) is 0 Å². The first-order chi connectivity index (χ1) is 12.8. The van der Waals surface area contributed by atoms with Crippen molar-refractivity contribution < 1.29 is 4.79 Å². The molecular formula is C21H21N3OS. The molecule has 1 unspecified atom stereocenters. The van der Waals surface area contributed by atoms with Crippen molar-refractivity contribution in [1.29, 1.82) is 0 Å². The molecule has 0 aliphatic rings. The van der Waals surface area contributed by atoms with Gasteiger partial charge < -0.3 is 10.6 Å². The summed E-state index contributed by atoms with van der Waals surface area (Å²) >= 11 is 1.72. The zero-order chi connectivity index (χ0) is 18.0. The zero-order valence-electron chi connectivity index (χ0n) is 14.3. The van der Waals surface area contributed by atoms with Gasteiger partial charge in [-0.15, -0.1) is 11.8 Å². The van der Waals surface area contributed by atoms with Crippen molar-refractivity contribution >= 4 is 17.8 Å². The Balaban J connectivity index is 1.56. The van der Waals surface area contributed by atoms with Crippen LogP contribution in [0, 0.1) is 0 Å². The van der Waals surface area contributed by atoms with E-state index in [0.717, 1.165) is 17.0 Å². The van der Waals surface area contributed by atoms with Gasteiger partial charge in [-0.25, -0.2) is 4.79 Å². The topological polar surface area (TPSA) is 54.0 Å². The molecule has 4 nitrogen and oxygen atoms in total. The van der Waals surface area contributed by atoms with Crippen molar-refractivity contribution in [2.24, 2.45) is 0 Å². The second-order valence-corrected chi connectivity index (χ2v) is 6.83. The van der Waals surface area contributed by atoms with E-state index in [1.807, 2.05) is 66.7 Å². The average Bonchev–Trinajstić information content (AvgIpc) is 2.71. The quantitative estimate of drug-likeness (QED) is 0.487. The van der Waals surface area contributed by atoms with Gasteiger partial charge in [0.25, 0.3) is 0 Å². The van der Waals surface area contributed by atoms with Crippen molar-refractivity contribution in [2.45, 2.75) is 10.9 Å². The number of carbonyl (C=O) groups excluding carboxylic acids is 1. The second-order valence-electron chi connectivity index (χ2n) is 5.66. The van der Waals surface area contributed by atoms with Crippen LogP contribution >= 0.6 is 11.8 Å². The lowest BCUT2D eigenvalue weighted by Crippen LogP contribution is -2.39. The third-order valence-electron chi connectivity index (χ3n) is 3.79. The summed E-state index contributed by atoms with van der Waals surface area (Å²) in [6.07, 6.45) is 1.74. The monoisotopic (exact) mass is 363 g/mol. The lowest BCUT2D eigenvalue weighted by atomic mass is 10.0. The van der Waals surface area contributed by atoms with Crippen LogP contribution in [0.1, 0.15) is 17.3 Å².